The number of carbonyl (C=O) groups excluding carboxylic acids is 1. The Kier molecular flexibility index (Phi) is 7.04. The van der Waals surface area contributed by atoms with Crippen molar-refractivity contribution in [1.29, 1.82) is 0 Å². The van der Waals surface area contributed by atoms with Crippen molar-refractivity contribution < 1.29 is 32.3 Å². The van der Waals surface area contributed by atoms with E-state index in [2.05, 4.69) is 20.8 Å². The molecule has 1 atom stereocenters. The SMILES string of the molecule is C[C@H](C(=O)O)[C@H]1CC[C@H](c2ccc(NC(=O)c3nnc(Nc4cc(F)c(F)cc4F)o3)cc2)CC1. The third-order valence-corrected chi connectivity index (χ3v) is 6.38. The summed E-state index contributed by atoms with van der Waals surface area (Å²) in [5.74, 6) is -5.37. The molecule has 0 spiro atoms. The standard InChI is InChI=1S/C24H23F3N4O4/c1-12(23(33)34)13-2-4-14(5-3-13)15-6-8-16(9-7-15)28-21(32)22-30-31-24(35-22)29-20-11-18(26)17(25)10-19(20)27/h6-14H,2-5H2,1H3,(H,28,32)(H,29,31)(H,33,34)/t12-,13-,14-/m0/s1. The smallest absolute Gasteiger partial charge is 0.320 e. The maximum atomic E-state index is 13.8. The van der Waals surface area contributed by atoms with Gasteiger partial charge >= 0.3 is 23.8 Å². The van der Waals surface area contributed by atoms with Crippen LogP contribution in [0.3, 0.4) is 0 Å². The molecule has 1 saturated carbocycles. The molecule has 1 fully saturated rings. The van der Waals surface area contributed by atoms with Crippen LogP contribution in [0.15, 0.2) is 40.8 Å². The molecule has 0 radical (unpaired) electrons. The molecule has 1 aliphatic rings. The maximum Gasteiger partial charge on any atom is 0.320 e. The van der Waals surface area contributed by atoms with Crippen LogP contribution < -0.4 is 10.6 Å². The molecule has 1 aliphatic carbocycles. The van der Waals surface area contributed by atoms with Gasteiger partial charge in [-0.15, -0.1) is 5.10 Å². The van der Waals surface area contributed by atoms with Gasteiger partial charge in [-0.2, -0.15) is 0 Å². The van der Waals surface area contributed by atoms with Crippen LogP contribution in [0.25, 0.3) is 0 Å². The first-order valence-corrected chi connectivity index (χ1v) is 11.1. The van der Waals surface area contributed by atoms with Gasteiger partial charge in [-0.3, -0.25) is 9.59 Å². The molecule has 1 amide bonds. The van der Waals surface area contributed by atoms with E-state index in [1.54, 1.807) is 19.1 Å². The number of nitrogens with one attached hydrogen (secondary N) is 2. The van der Waals surface area contributed by atoms with E-state index in [1.165, 1.54) is 0 Å². The summed E-state index contributed by atoms with van der Waals surface area (Å²) < 4.78 is 45.3. The zero-order valence-electron chi connectivity index (χ0n) is 18.7. The lowest BCUT2D eigenvalue weighted by Crippen LogP contribution is -2.24. The van der Waals surface area contributed by atoms with Gasteiger partial charge in [-0.05, 0) is 55.2 Å². The fourth-order valence-corrected chi connectivity index (χ4v) is 4.28. The van der Waals surface area contributed by atoms with Crippen LogP contribution in [0.5, 0.6) is 0 Å². The number of hydrogen-bond donors (Lipinski definition) is 3. The predicted octanol–water partition coefficient (Wildman–Crippen LogP) is 5.48. The lowest BCUT2D eigenvalue weighted by Gasteiger charge is -2.31. The molecule has 3 aromatic rings. The number of carbonyl (C=O) groups is 2. The molecule has 35 heavy (non-hydrogen) atoms. The number of halogens is 3. The van der Waals surface area contributed by atoms with Gasteiger partial charge in [0.15, 0.2) is 11.6 Å². The fraction of sp³-hybridized carbons (Fsp3) is 0.333. The second-order valence-electron chi connectivity index (χ2n) is 8.60. The second kappa shape index (κ2) is 10.2. The number of rotatable bonds is 7. The first kappa shape index (κ1) is 24.2. The molecular weight excluding hydrogens is 465 g/mol. The molecular formula is C24H23F3N4O4. The normalized spacial score (nSPS) is 18.6. The van der Waals surface area contributed by atoms with Crippen molar-refractivity contribution in [3.05, 3.63) is 65.3 Å². The van der Waals surface area contributed by atoms with E-state index in [4.69, 9.17) is 4.42 Å². The summed E-state index contributed by atoms with van der Waals surface area (Å²) in [7, 11) is 0. The summed E-state index contributed by atoms with van der Waals surface area (Å²) in [5.41, 5.74) is 1.18. The van der Waals surface area contributed by atoms with Crippen LogP contribution in [-0.4, -0.2) is 27.2 Å². The predicted molar refractivity (Wildman–Crippen MR) is 120 cm³/mol. The molecule has 3 N–H and O–H groups in total. The van der Waals surface area contributed by atoms with E-state index < -0.39 is 40.9 Å². The van der Waals surface area contributed by atoms with Crippen LogP contribution in [0, 0.1) is 29.3 Å². The molecule has 0 aliphatic heterocycles. The van der Waals surface area contributed by atoms with E-state index in [0.29, 0.717) is 23.7 Å². The van der Waals surface area contributed by atoms with Crippen LogP contribution >= 0.6 is 0 Å². The molecule has 0 unspecified atom stereocenters. The number of benzene rings is 2. The summed E-state index contributed by atoms with van der Waals surface area (Å²) >= 11 is 0. The van der Waals surface area contributed by atoms with Gasteiger partial charge in [0.05, 0.1) is 11.6 Å². The van der Waals surface area contributed by atoms with E-state index in [1.807, 2.05) is 12.1 Å². The number of nitrogens with zero attached hydrogens (tertiary/aromatic N) is 2. The minimum absolute atomic E-state index is 0.190. The second-order valence-corrected chi connectivity index (χ2v) is 8.60. The number of aliphatic carboxylic acids is 1. The number of anilines is 3. The van der Waals surface area contributed by atoms with Crippen LogP contribution in [-0.2, 0) is 4.79 Å². The first-order chi connectivity index (χ1) is 16.7. The van der Waals surface area contributed by atoms with E-state index in [0.717, 1.165) is 31.2 Å². The largest absolute Gasteiger partial charge is 0.481 e. The van der Waals surface area contributed by atoms with Gasteiger partial charge in [0.1, 0.15) is 5.82 Å². The maximum absolute atomic E-state index is 13.8. The fourth-order valence-electron chi connectivity index (χ4n) is 4.28. The highest BCUT2D eigenvalue weighted by Crippen LogP contribution is 2.39. The number of carboxylic acid groups (broad SMARTS) is 1. The summed E-state index contributed by atoms with van der Waals surface area (Å²) in [6.45, 7) is 1.76. The molecule has 1 aromatic heterocycles. The molecule has 0 bridgehead atoms. The Bertz CT molecular complexity index is 1220. The topological polar surface area (TPSA) is 117 Å². The van der Waals surface area contributed by atoms with Gasteiger partial charge in [0, 0.05) is 17.8 Å². The van der Waals surface area contributed by atoms with Crippen LogP contribution in [0.4, 0.5) is 30.6 Å². The van der Waals surface area contributed by atoms with Crippen molar-refractivity contribution in [3.8, 4) is 0 Å². The Labute approximate surface area is 198 Å². The molecule has 2 aromatic carbocycles. The van der Waals surface area contributed by atoms with E-state index >= 15 is 0 Å². The minimum Gasteiger partial charge on any atom is -0.481 e. The van der Waals surface area contributed by atoms with E-state index in [-0.39, 0.29) is 17.9 Å². The molecule has 184 valence electrons. The number of amides is 1. The van der Waals surface area contributed by atoms with Crippen molar-refractivity contribution in [1.82, 2.24) is 10.2 Å². The van der Waals surface area contributed by atoms with Gasteiger partial charge in [-0.1, -0.05) is 24.2 Å². The van der Waals surface area contributed by atoms with Crippen molar-refractivity contribution in [3.63, 3.8) is 0 Å². The lowest BCUT2D eigenvalue weighted by molar-refractivity contribution is -0.143. The third kappa shape index (κ3) is 5.61. The van der Waals surface area contributed by atoms with Crippen molar-refractivity contribution in [2.24, 2.45) is 11.8 Å². The Hall–Kier alpha value is -3.89. The average molecular weight is 488 g/mol. The van der Waals surface area contributed by atoms with Gasteiger partial charge in [0.25, 0.3) is 0 Å². The molecule has 11 heteroatoms. The number of aromatic nitrogens is 2. The minimum atomic E-state index is -1.34. The zero-order chi connectivity index (χ0) is 25.1. The van der Waals surface area contributed by atoms with Crippen molar-refractivity contribution in [2.75, 3.05) is 10.6 Å². The third-order valence-electron chi connectivity index (χ3n) is 6.38. The summed E-state index contributed by atoms with van der Waals surface area (Å²) in [6, 6.07) is 7.89. The molecule has 4 rings (SSSR count). The zero-order valence-corrected chi connectivity index (χ0v) is 18.7. The van der Waals surface area contributed by atoms with Gasteiger partial charge in [-0.25, -0.2) is 13.2 Å². The van der Waals surface area contributed by atoms with Crippen molar-refractivity contribution in [2.45, 2.75) is 38.5 Å². The summed E-state index contributed by atoms with van der Waals surface area (Å²) in [5, 5.41) is 21.3. The van der Waals surface area contributed by atoms with Gasteiger partial charge in [0.2, 0.25) is 0 Å². The van der Waals surface area contributed by atoms with Gasteiger partial charge < -0.3 is 20.2 Å². The average Bonchev–Trinajstić information content (AvgIpc) is 3.31. The van der Waals surface area contributed by atoms with Crippen LogP contribution in [0.1, 0.15) is 54.8 Å². The molecule has 8 nitrogen and oxygen atoms in total. The molecule has 1 heterocycles. The highest BCUT2D eigenvalue weighted by Gasteiger charge is 2.29. The number of hydrogen-bond acceptors (Lipinski definition) is 6. The summed E-state index contributed by atoms with van der Waals surface area (Å²) in [4.78, 5) is 23.6. The summed E-state index contributed by atoms with van der Waals surface area (Å²) in [6.07, 6.45) is 3.53. The Morgan fingerprint density at radius 2 is 1.66 bits per heavy atom. The Morgan fingerprint density at radius 3 is 2.31 bits per heavy atom. The Balaban J connectivity index is 1.33. The Morgan fingerprint density at radius 1 is 1.00 bits per heavy atom. The van der Waals surface area contributed by atoms with E-state index in [9.17, 15) is 27.9 Å². The highest BCUT2D eigenvalue weighted by molar-refractivity contribution is 6.00. The quantitative estimate of drug-likeness (QED) is 0.377. The highest BCUT2D eigenvalue weighted by atomic mass is 19.2. The monoisotopic (exact) mass is 488 g/mol. The lowest BCUT2D eigenvalue weighted by atomic mass is 9.74. The van der Waals surface area contributed by atoms with Crippen molar-refractivity contribution >= 4 is 29.3 Å². The first-order valence-electron chi connectivity index (χ1n) is 11.1. The van der Waals surface area contributed by atoms with Crippen LogP contribution in [0.2, 0.25) is 0 Å². The number of carboxylic acids is 1. The molecule has 0 saturated heterocycles.